The van der Waals surface area contributed by atoms with Crippen LogP contribution in [0.25, 0.3) is 0 Å². The van der Waals surface area contributed by atoms with Crippen LogP contribution in [0.1, 0.15) is 37.8 Å². The molecule has 2 rings (SSSR count). The third-order valence-electron chi connectivity index (χ3n) is 3.36. The predicted octanol–water partition coefficient (Wildman–Crippen LogP) is 2.72. The fourth-order valence-corrected chi connectivity index (χ4v) is 2.44. The van der Waals surface area contributed by atoms with E-state index in [1.807, 2.05) is 19.9 Å². The topological polar surface area (TPSA) is 38.3 Å². The molecular formula is C16H23NO2. The minimum atomic E-state index is 0.104. The zero-order chi connectivity index (χ0) is 13.7. The van der Waals surface area contributed by atoms with E-state index in [0.29, 0.717) is 25.5 Å². The van der Waals surface area contributed by atoms with Gasteiger partial charge < -0.3 is 10.1 Å². The van der Waals surface area contributed by atoms with Crippen LogP contribution in [0, 0.1) is 5.92 Å². The second kappa shape index (κ2) is 6.60. The number of rotatable bonds is 6. The Morgan fingerprint density at radius 1 is 1.32 bits per heavy atom. The first kappa shape index (κ1) is 13.9. The number of nitrogens with one attached hydrogen (secondary N) is 1. The first-order valence-electron chi connectivity index (χ1n) is 7.16. The van der Waals surface area contributed by atoms with E-state index in [4.69, 9.17) is 4.74 Å². The van der Waals surface area contributed by atoms with Gasteiger partial charge in [0.1, 0.15) is 12.4 Å². The first-order chi connectivity index (χ1) is 9.15. The summed E-state index contributed by atoms with van der Waals surface area (Å²) in [5.41, 5.74) is 2.87. The van der Waals surface area contributed by atoms with Crippen molar-refractivity contribution in [2.45, 2.75) is 39.5 Å². The van der Waals surface area contributed by atoms with Crippen molar-refractivity contribution in [2.24, 2.45) is 5.92 Å². The van der Waals surface area contributed by atoms with Crippen LogP contribution in [0.3, 0.4) is 0 Å². The van der Waals surface area contributed by atoms with E-state index in [1.165, 1.54) is 24.0 Å². The molecule has 3 heteroatoms. The maximum Gasteiger partial charge on any atom is 0.220 e. The number of ether oxygens (including phenoxy) is 1. The molecule has 0 bridgehead atoms. The molecule has 0 aromatic heterocycles. The van der Waals surface area contributed by atoms with Crippen LogP contribution in [0.2, 0.25) is 0 Å². The predicted molar refractivity (Wildman–Crippen MR) is 76.4 cm³/mol. The average molecular weight is 261 g/mol. The lowest BCUT2D eigenvalue weighted by Gasteiger charge is -2.10. The van der Waals surface area contributed by atoms with Gasteiger partial charge in [0.2, 0.25) is 5.91 Å². The maximum absolute atomic E-state index is 11.5. The molecule has 0 spiro atoms. The third-order valence-corrected chi connectivity index (χ3v) is 3.36. The molecule has 1 aromatic rings. The number of hydrogen-bond donors (Lipinski definition) is 1. The van der Waals surface area contributed by atoms with Crippen molar-refractivity contribution in [1.29, 1.82) is 0 Å². The highest BCUT2D eigenvalue weighted by atomic mass is 16.5. The Morgan fingerprint density at radius 3 is 2.89 bits per heavy atom. The van der Waals surface area contributed by atoms with Gasteiger partial charge in [-0.2, -0.15) is 0 Å². The minimum Gasteiger partial charge on any atom is -0.492 e. The summed E-state index contributed by atoms with van der Waals surface area (Å²) in [6, 6.07) is 6.33. The molecule has 0 fully saturated rings. The summed E-state index contributed by atoms with van der Waals surface area (Å²) in [4.78, 5) is 11.5. The largest absolute Gasteiger partial charge is 0.492 e. The number of amides is 1. The molecular weight excluding hydrogens is 238 g/mol. The van der Waals surface area contributed by atoms with Gasteiger partial charge in [-0.05, 0) is 48.4 Å². The smallest absolute Gasteiger partial charge is 0.220 e. The van der Waals surface area contributed by atoms with Gasteiger partial charge in [0.25, 0.3) is 0 Å². The Morgan fingerprint density at radius 2 is 2.11 bits per heavy atom. The first-order valence-corrected chi connectivity index (χ1v) is 7.16. The monoisotopic (exact) mass is 261 g/mol. The number of hydrogen-bond acceptors (Lipinski definition) is 2. The summed E-state index contributed by atoms with van der Waals surface area (Å²) < 4.78 is 5.67. The summed E-state index contributed by atoms with van der Waals surface area (Å²) in [6.07, 6.45) is 4.20. The fraction of sp³-hybridized carbons (Fsp3) is 0.562. The molecule has 0 unspecified atom stereocenters. The molecule has 0 saturated heterocycles. The van der Waals surface area contributed by atoms with Gasteiger partial charge in [0, 0.05) is 6.42 Å². The van der Waals surface area contributed by atoms with Gasteiger partial charge in [-0.15, -0.1) is 0 Å². The molecule has 0 radical (unpaired) electrons. The van der Waals surface area contributed by atoms with E-state index in [9.17, 15) is 4.79 Å². The maximum atomic E-state index is 11.5. The Kier molecular flexibility index (Phi) is 4.83. The molecule has 1 N–H and O–H groups in total. The number of fused-ring (bicyclic) bond motifs is 1. The van der Waals surface area contributed by atoms with Crippen molar-refractivity contribution >= 4 is 5.91 Å². The molecule has 0 saturated carbocycles. The number of carbonyl (C=O) groups excluding carboxylic acids is 1. The van der Waals surface area contributed by atoms with Crippen molar-refractivity contribution in [3.05, 3.63) is 29.3 Å². The van der Waals surface area contributed by atoms with Crippen LogP contribution in [-0.4, -0.2) is 19.1 Å². The van der Waals surface area contributed by atoms with Crippen LogP contribution in [0.4, 0.5) is 0 Å². The zero-order valence-electron chi connectivity index (χ0n) is 11.9. The molecule has 1 aliphatic carbocycles. The fourth-order valence-electron chi connectivity index (χ4n) is 2.44. The SMILES string of the molecule is CC(C)CC(=O)NCCOc1ccc2c(c1)CCC2. The van der Waals surface area contributed by atoms with E-state index in [-0.39, 0.29) is 5.91 Å². The highest BCUT2D eigenvalue weighted by Gasteiger charge is 2.11. The molecule has 0 aliphatic heterocycles. The van der Waals surface area contributed by atoms with Crippen molar-refractivity contribution in [2.75, 3.05) is 13.2 Å². The van der Waals surface area contributed by atoms with Gasteiger partial charge in [0.05, 0.1) is 6.54 Å². The highest BCUT2D eigenvalue weighted by molar-refractivity contribution is 5.75. The standard InChI is InChI=1S/C16H23NO2/c1-12(2)10-16(18)17-8-9-19-15-7-6-13-4-3-5-14(13)11-15/h6-7,11-12H,3-5,8-10H2,1-2H3,(H,17,18). The quantitative estimate of drug-likeness (QED) is 0.800. The molecule has 19 heavy (non-hydrogen) atoms. The van der Waals surface area contributed by atoms with Crippen molar-refractivity contribution in [3.63, 3.8) is 0 Å². The molecule has 3 nitrogen and oxygen atoms in total. The van der Waals surface area contributed by atoms with E-state index in [0.717, 1.165) is 12.2 Å². The lowest BCUT2D eigenvalue weighted by molar-refractivity contribution is -0.121. The number of benzene rings is 1. The van der Waals surface area contributed by atoms with E-state index in [2.05, 4.69) is 17.4 Å². The number of carbonyl (C=O) groups is 1. The molecule has 1 amide bonds. The minimum absolute atomic E-state index is 0.104. The van der Waals surface area contributed by atoms with Gasteiger partial charge in [-0.25, -0.2) is 0 Å². The summed E-state index contributed by atoms with van der Waals surface area (Å²) in [6.45, 7) is 5.19. The van der Waals surface area contributed by atoms with E-state index in [1.54, 1.807) is 0 Å². The molecule has 0 heterocycles. The lowest BCUT2D eigenvalue weighted by Crippen LogP contribution is -2.28. The summed E-state index contributed by atoms with van der Waals surface area (Å²) in [7, 11) is 0. The Labute approximate surface area is 115 Å². The summed E-state index contributed by atoms with van der Waals surface area (Å²) >= 11 is 0. The van der Waals surface area contributed by atoms with E-state index < -0.39 is 0 Å². The zero-order valence-corrected chi connectivity index (χ0v) is 11.9. The van der Waals surface area contributed by atoms with Crippen LogP contribution < -0.4 is 10.1 Å². The lowest BCUT2D eigenvalue weighted by atomic mass is 10.1. The Bertz CT molecular complexity index is 440. The molecule has 1 aromatic carbocycles. The van der Waals surface area contributed by atoms with Crippen molar-refractivity contribution < 1.29 is 9.53 Å². The summed E-state index contributed by atoms with van der Waals surface area (Å²) in [5, 5.41) is 2.87. The average Bonchev–Trinajstić information content (AvgIpc) is 2.81. The Balaban J connectivity index is 1.70. The van der Waals surface area contributed by atoms with E-state index >= 15 is 0 Å². The van der Waals surface area contributed by atoms with Gasteiger partial charge in [-0.1, -0.05) is 19.9 Å². The van der Waals surface area contributed by atoms with Crippen LogP contribution in [-0.2, 0) is 17.6 Å². The van der Waals surface area contributed by atoms with Crippen LogP contribution >= 0.6 is 0 Å². The van der Waals surface area contributed by atoms with Crippen molar-refractivity contribution in [1.82, 2.24) is 5.32 Å². The van der Waals surface area contributed by atoms with Gasteiger partial charge in [0.15, 0.2) is 0 Å². The normalized spacial score (nSPS) is 13.4. The molecule has 104 valence electrons. The highest BCUT2D eigenvalue weighted by Crippen LogP contribution is 2.25. The number of aryl methyl sites for hydroxylation is 2. The Hall–Kier alpha value is -1.51. The van der Waals surface area contributed by atoms with Crippen LogP contribution in [0.5, 0.6) is 5.75 Å². The van der Waals surface area contributed by atoms with Gasteiger partial charge >= 0.3 is 0 Å². The molecule has 1 aliphatic rings. The van der Waals surface area contributed by atoms with Crippen molar-refractivity contribution in [3.8, 4) is 5.75 Å². The second-order valence-electron chi connectivity index (χ2n) is 5.58. The summed E-state index contributed by atoms with van der Waals surface area (Å²) in [5.74, 6) is 1.42. The van der Waals surface area contributed by atoms with Gasteiger partial charge in [-0.3, -0.25) is 4.79 Å². The molecule has 0 atom stereocenters. The second-order valence-corrected chi connectivity index (χ2v) is 5.58. The third kappa shape index (κ3) is 4.27. The van der Waals surface area contributed by atoms with Crippen LogP contribution in [0.15, 0.2) is 18.2 Å².